The van der Waals surface area contributed by atoms with Crippen molar-refractivity contribution in [3.8, 4) is 6.07 Å². The summed E-state index contributed by atoms with van der Waals surface area (Å²) in [5.41, 5.74) is 1.42. The monoisotopic (exact) mass is 389 g/mol. The van der Waals surface area contributed by atoms with E-state index in [0.717, 1.165) is 12.8 Å². The van der Waals surface area contributed by atoms with Crippen molar-refractivity contribution >= 4 is 23.0 Å². The lowest BCUT2D eigenvalue weighted by Gasteiger charge is -2.09. The van der Waals surface area contributed by atoms with Gasteiger partial charge in [-0.1, -0.05) is 18.2 Å². The molecule has 0 aliphatic carbocycles. The first-order valence-corrected chi connectivity index (χ1v) is 9.34. The van der Waals surface area contributed by atoms with Crippen LogP contribution in [0.2, 0.25) is 0 Å². The topological polar surface area (TPSA) is 109 Å². The SMILES string of the molecule is N#Cc1ccccc1NC(=O)c1nc(C(=O)NCC2CCCO2)c2ccccn12. The van der Waals surface area contributed by atoms with Crippen LogP contribution in [-0.2, 0) is 4.74 Å². The Balaban J connectivity index is 1.60. The number of para-hydroxylation sites is 1. The molecular formula is C21H19N5O3. The Morgan fingerprint density at radius 2 is 2.03 bits per heavy atom. The van der Waals surface area contributed by atoms with Crippen molar-refractivity contribution in [1.29, 1.82) is 5.26 Å². The summed E-state index contributed by atoms with van der Waals surface area (Å²) in [5.74, 6) is -0.802. The predicted molar refractivity (Wildman–Crippen MR) is 106 cm³/mol. The van der Waals surface area contributed by atoms with Gasteiger partial charge in [-0.2, -0.15) is 5.26 Å². The second-order valence-corrected chi connectivity index (χ2v) is 6.70. The van der Waals surface area contributed by atoms with E-state index < -0.39 is 5.91 Å². The lowest BCUT2D eigenvalue weighted by molar-refractivity contribution is 0.0855. The average Bonchev–Trinajstić information content (AvgIpc) is 3.40. The number of rotatable bonds is 5. The molecule has 146 valence electrons. The summed E-state index contributed by atoms with van der Waals surface area (Å²) in [6.07, 6.45) is 3.58. The fourth-order valence-electron chi connectivity index (χ4n) is 3.33. The van der Waals surface area contributed by atoms with Crippen LogP contribution in [0.1, 0.15) is 39.5 Å². The molecule has 1 fully saturated rings. The van der Waals surface area contributed by atoms with E-state index in [4.69, 9.17) is 4.74 Å². The van der Waals surface area contributed by atoms with Crippen molar-refractivity contribution in [2.45, 2.75) is 18.9 Å². The Labute approximate surface area is 167 Å². The summed E-state index contributed by atoms with van der Waals surface area (Å²) in [5, 5.41) is 14.8. The van der Waals surface area contributed by atoms with E-state index in [-0.39, 0.29) is 23.5 Å². The molecule has 8 nitrogen and oxygen atoms in total. The van der Waals surface area contributed by atoms with Gasteiger partial charge >= 0.3 is 0 Å². The number of nitrogens with zero attached hydrogens (tertiary/aromatic N) is 3. The minimum absolute atomic E-state index is 0.0121. The van der Waals surface area contributed by atoms with Crippen LogP contribution in [0.15, 0.2) is 48.7 Å². The number of benzene rings is 1. The molecule has 2 N–H and O–H groups in total. The van der Waals surface area contributed by atoms with Gasteiger partial charge in [0.15, 0.2) is 5.69 Å². The van der Waals surface area contributed by atoms with Crippen molar-refractivity contribution in [1.82, 2.24) is 14.7 Å². The Morgan fingerprint density at radius 1 is 1.21 bits per heavy atom. The fraction of sp³-hybridized carbons (Fsp3) is 0.238. The highest BCUT2D eigenvalue weighted by Crippen LogP contribution is 2.18. The van der Waals surface area contributed by atoms with Gasteiger partial charge in [0, 0.05) is 19.3 Å². The van der Waals surface area contributed by atoms with Crippen LogP contribution < -0.4 is 10.6 Å². The number of carbonyl (C=O) groups is 2. The molecule has 0 spiro atoms. The number of fused-ring (bicyclic) bond motifs is 1. The van der Waals surface area contributed by atoms with Crippen LogP contribution in [0.5, 0.6) is 0 Å². The van der Waals surface area contributed by atoms with E-state index in [9.17, 15) is 14.9 Å². The summed E-state index contributed by atoms with van der Waals surface area (Å²) in [6, 6.07) is 14.0. The van der Waals surface area contributed by atoms with Crippen LogP contribution in [-0.4, -0.2) is 40.5 Å². The molecule has 3 heterocycles. The van der Waals surface area contributed by atoms with E-state index in [1.807, 2.05) is 6.07 Å². The fourth-order valence-corrected chi connectivity index (χ4v) is 3.33. The van der Waals surface area contributed by atoms with Crippen LogP contribution >= 0.6 is 0 Å². The number of hydrogen-bond acceptors (Lipinski definition) is 5. The van der Waals surface area contributed by atoms with Gasteiger partial charge in [0.1, 0.15) is 6.07 Å². The molecule has 1 atom stereocenters. The maximum absolute atomic E-state index is 12.8. The van der Waals surface area contributed by atoms with Crippen molar-refractivity contribution in [3.63, 3.8) is 0 Å². The average molecular weight is 389 g/mol. The van der Waals surface area contributed by atoms with Crippen molar-refractivity contribution in [2.24, 2.45) is 0 Å². The lowest BCUT2D eigenvalue weighted by atomic mass is 10.2. The summed E-state index contributed by atoms with van der Waals surface area (Å²) >= 11 is 0. The van der Waals surface area contributed by atoms with E-state index in [2.05, 4.69) is 15.6 Å². The molecule has 4 rings (SSSR count). The summed E-state index contributed by atoms with van der Waals surface area (Å²) in [7, 11) is 0. The van der Waals surface area contributed by atoms with Crippen LogP contribution in [0.3, 0.4) is 0 Å². The Kier molecular flexibility index (Phi) is 5.22. The standard InChI is InChI=1S/C21H19N5O3/c22-12-14-6-1-2-8-16(14)24-21(28)19-25-18(17-9-3-4-10-26(17)19)20(27)23-13-15-7-5-11-29-15/h1-4,6,8-10,15H,5,7,11,13H2,(H,23,27)(H,24,28). The minimum atomic E-state index is -0.507. The summed E-state index contributed by atoms with van der Waals surface area (Å²) < 4.78 is 7.09. The number of carbonyl (C=O) groups excluding carboxylic acids is 2. The molecule has 1 saturated heterocycles. The first-order chi connectivity index (χ1) is 14.2. The van der Waals surface area contributed by atoms with Gasteiger partial charge in [-0.25, -0.2) is 4.98 Å². The first-order valence-electron chi connectivity index (χ1n) is 9.34. The number of hydrogen-bond donors (Lipinski definition) is 2. The number of imidazole rings is 1. The van der Waals surface area contributed by atoms with Crippen molar-refractivity contribution < 1.29 is 14.3 Å². The van der Waals surface area contributed by atoms with Gasteiger partial charge < -0.3 is 15.4 Å². The normalized spacial score (nSPS) is 15.8. The highest BCUT2D eigenvalue weighted by molar-refractivity contribution is 6.06. The third-order valence-corrected chi connectivity index (χ3v) is 4.78. The number of ether oxygens (including phenoxy) is 1. The molecule has 1 aliphatic rings. The van der Waals surface area contributed by atoms with Gasteiger partial charge in [0.25, 0.3) is 11.8 Å². The highest BCUT2D eigenvalue weighted by Gasteiger charge is 2.23. The number of anilines is 1. The second-order valence-electron chi connectivity index (χ2n) is 6.70. The summed E-state index contributed by atoms with van der Waals surface area (Å²) in [4.78, 5) is 29.8. The van der Waals surface area contributed by atoms with E-state index >= 15 is 0 Å². The Hall–Kier alpha value is -3.70. The maximum atomic E-state index is 12.8. The number of amides is 2. The molecule has 1 aromatic carbocycles. The lowest BCUT2D eigenvalue weighted by Crippen LogP contribution is -2.32. The molecule has 2 amide bonds. The van der Waals surface area contributed by atoms with E-state index in [0.29, 0.717) is 29.9 Å². The van der Waals surface area contributed by atoms with Gasteiger partial charge in [-0.3, -0.25) is 14.0 Å². The van der Waals surface area contributed by atoms with Crippen LogP contribution in [0.25, 0.3) is 5.52 Å². The minimum Gasteiger partial charge on any atom is -0.376 e. The molecule has 29 heavy (non-hydrogen) atoms. The Morgan fingerprint density at radius 3 is 2.83 bits per heavy atom. The molecule has 8 heteroatoms. The molecule has 1 aliphatic heterocycles. The third-order valence-electron chi connectivity index (χ3n) is 4.78. The van der Waals surface area contributed by atoms with Crippen LogP contribution in [0.4, 0.5) is 5.69 Å². The zero-order valence-electron chi connectivity index (χ0n) is 15.6. The van der Waals surface area contributed by atoms with E-state index in [1.165, 1.54) is 0 Å². The van der Waals surface area contributed by atoms with Crippen molar-refractivity contribution in [2.75, 3.05) is 18.5 Å². The molecular weight excluding hydrogens is 370 g/mol. The number of nitrogens with one attached hydrogen (secondary N) is 2. The first kappa shape index (κ1) is 18.7. The smallest absolute Gasteiger partial charge is 0.292 e. The zero-order chi connectivity index (χ0) is 20.2. The maximum Gasteiger partial charge on any atom is 0.292 e. The zero-order valence-corrected chi connectivity index (χ0v) is 15.6. The summed E-state index contributed by atoms with van der Waals surface area (Å²) in [6.45, 7) is 1.12. The molecule has 3 aromatic rings. The van der Waals surface area contributed by atoms with Gasteiger partial charge in [0.05, 0.1) is 22.9 Å². The largest absolute Gasteiger partial charge is 0.376 e. The number of nitriles is 1. The molecule has 1 unspecified atom stereocenters. The third kappa shape index (κ3) is 3.81. The molecule has 2 aromatic heterocycles. The number of pyridine rings is 1. The van der Waals surface area contributed by atoms with Crippen LogP contribution in [0, 0.1) is 11.3 Å². The molecule has 0 saturated carbocycles. The quantitative estimate of drug-likeness (QED) is 0.696. The van der Waals surface area contributed by atoms with Gasteiger partial charge in [-0.15, -0.1) is 0 Å². The van der Waals surface area contributed by atoms with Gasteiger partial charge in [-0.05, 0) is 37.1 Å². The highest BCUT2D eigenvalue weighted by atomic mass is 16.5. The molecule has 0 radical (unpaired) electrons. The number of aromatic nitrogens is 2. The van der Waals surface area contributed by atoms with E-state index in [1.54, 1.807) is 53.1 Å². The molecule has 0 bridgehead atoms. The Bertz CT molecular complexity index is 1110. The predicted octanol–water partition coefficient (Wildman–Crippen LogP) is 2.37. The van der Waals surface area contributed by atoms with Crippen molar-refractivity contribution in [3.05, 3.63) is 65.7 Å². The van der Waals surface area contributed by atoms with Gasteiger partial charge in [0.2, 0.25) is 5.82 Å². The second kappa shape index (κ2) is 8.12.